The average Bonchev–Trinajstić information content (AvgIpc) is 2.88. The van der Waals surface area contributed by atoms with Gasteiger partial charge in [0.15, 0.2) is 5.82 Å². The van der Waals surface area contributed by atoms with E-state index in [1.807, 2.05) is 6.92 Å². The molecule has 0 atom stereocenters. The van der Waals surface area contributed by atoms with Crippen molar-refractivity contribution in [2.45, 2.75) is 44.6 Å². The molecule has 90 valence electrons. The highest BCUT2D eigenvalue weighted by atomic mass is 16.5. The Bertz CT molecular complexity index is 332. The minimum Gasteiger partial charge on any atom is -0.381 e. The van der Waals surface area contributed by atoms with Crippen LogP contribution in [0.4, 0.5) is 0 Å². The van der Waals surface area contributed by atoms with Gasteiger partial charge < -0.3 is 15.0 Å². The van der Waals surface area contributed by atoms with Gasteiger partial charge in [-0.05, 0) is 19.8 Å². The summed E-state index contributed by atoms with van der Waals surface area (Å²) in [5, 5.41) is 3.93. The molecule has 5 heteroatoms. The molecule has 0 unspecified atom stereocenters. The van der Waals surface area contributed by atoms with E-state index in [2.05, 4.69) is 10.1 Å². The van der Waals surface area contributed by atoms with Crippen molar-refractivity contribution in [1.29, 1.82) is 0 Å². The first-order chi connectivity index (χ1) is 7.74. The van der Waals surface area contributed by atoms with Crippen molar-refractivity contribution in [3.63, 3.8) is 0 Å². The third-order valence-electron chi connectivity index (χ3n) is 3.06. The van der Waals surface area contributed by atoms with Gasteiger partial charge in [0.1, 0.15) is 0 Å². The molecule has 1 heterocycles. The number of rotatable bonds is 5. The Kier molecular flexibility index (Phi) is 3.56. The summed E-state index contributed by atoms with van der Waals surface area (Å²) in [4.78, 5) is 4.35. The Morgan fingerprint density at radius 1 is 1.44 bits per heavy atom. The molecule has 0 radical (unpaired) electrons. The van der Waals surface area contributed by atoms with Gasteiger partial charge in [0.25, 0.3) is 0 Å². The highest BCUT2D eigenvalue weighted by Crippen LogP contribution is 2.35. The van der Waals surface area contributed by atoms with E-state index in [0.29, 0.717) is 31.3 Å². The van der Waals surface area contributed by atoms with Crippen LogP contribution in [0.1, 0.15) is 44.3 Å². The maximum absolute atomic E-state index is 6.22. The van der Waals surface area contributed by atoms with Crippen LogP contribution in [-0.2, 0) is 16.7 Å². The summed E-state index contributed by atoms with van der Waals surface area (Å²) in [6, 6.07) is 0. The monoisotopic (exact) mass is 225 g/mol. The number of nitrogens with zero attached hydrogens (tertiary/aromatic N) is 2. The van der Waals surface area contributed by atoms with Gasteiger partial charge in [-0.2, -0.15) is 4.98 Å². The zero-order chi connectivity index (χ0) is 11.4. The Labute approximate surface area is 95.3 Å². The maximum atomic E-state index is 6.22. The predicted octanol–water partition coefficient (Wildman–Crippen LogP) is 1.38. The first-order valence-electron chi connectivity index (χ1n) is 5.94. The van der Waals surface area contributed by atoms with E-state index in [4.69, 9.17) is 15.0 Å². The van der Waals surface area contributed by atoms with E-state index in [0.717, 1.165) is 25.7 Å². The number of ether oxygens (including phenoxy) is 1. The zero-order valence-electron chi connectivity index (χ0n) is 9.74. The van der Waals surface area contributed by atoms with Crippen molar-refractivity contribution < 1.29 is 9.26 Å². The number of hydrogen-bond acceptors (Lipinski definition) is 5. The highest BCUT2D eigenvalue weighted by Gasteiger charge is 2.36. The predicted molar refractivity (Wildman–Crippen MR) is 58.8 cm³/mol. The van der Waals surface area contributed by atoms with Crippen LogP contribution in [0.3, 0.4) is 0 Å². The molecular formula is C11H19N3O2. The average molecular weight is 225 g/mol. The first kappa shape index (κ1) is 11.5. The van der Waals surface area contributed by atoms with Crippen LogP contribution < -0.4 is 5.73 Å². The van der Waals surface area contributed by atoms with Gasteiger partial charge in [-0.1, -0.05) is 18.0 Å². The van der Waals surface area contributed by atoms with Crippen molar-refractivity contribution in [2.75, 3.05) is 13.2 Å². The second-order valence-electron chi connectivity index (χ2n) is 4.33. The second-order valence-corrected chi connectivity index (χ2v) is 4.33. The van der Waals surface area contributed by atoms with Crippen LogP contribution >= 0.6 is 0 Å². The topological polar surface area (TPSA) is 74.2 Å². The number of nitrogens with two attached hydrogens (primary N) is 1. The Hall–Kier alpha value is -0.940. The normalized spacial score (nSPS) is 19.1. The molecule has 0 saturated heterocycles. The van der Waals surface area contributed by atoms with Gasteiger partial charge in [0.2, 0.25) is 5.89 Å². The quantitative estimate of drug-likeness (QED) is 0.766. The summed E-state index contributed by atoms with van der Waals surface area (Å²) < 4.78 is 10.5. The SMILES string of the molecule is CCOCCc1noc(C2(N)CCCC2)n1. The van der Waals surface area contributed by atoms with E-state index in [1.165, 1.54) is 0 Å². The molecule has 0 bridgehead atoms. The van der Waals surface area contributed by atoms with Gasteiger partial charge in [-0.3, -0.25) is 0 Å². The smallest absolute Gasteiger partial charge is 0.246 e. The van der Waals surface area contributed by atoms with E-state index in [-0.39, 0.29) is 5.54 Å². The molecule has 1 aliphatic carbocycles. The summed E-state index contributed by atoms with van der Waals surface area (Å²) in [6.45, 7) is 3.31. The van der Waals surface area contributed by atoms with Crippen LogP contribution in [0.15, 0.2) is 4.52 Å². The lowest BCUT2D eigenvalue weighted by Gasteiger charge is -2.17. The first-order valence-corrected chi connectivity index (χ1v) is 5.94. The standard InChI is InChI=1S/C11H19N3O2/c1-2-15-8-5-9-13-10(16-14-9)11(12)6-3-4-7-11/h2-8,12H2,1H3. The largest absolute Gasteiger partial charge is 0.381 e. The van der Waals surface area contributed by atoms with Crippen LogP contribution in [0.5, 0.6) is 0 Å². The van der Waals surface area contributed by atoms with Gasteiger partial charge in [0.05, 0.1) is 12.1 Å². The van der Waals surface area contributed by atoms with Crippen molar-refractivity contribution in [3.8, 4) is 0 Å². The second kappa shape index (κ2) is 4.93. The van der Waals surface area contributed by atoms with Crippen molar-refractivity contribution in [1.82, 2.24) is 10.1 Å². The molecule has 2 rings (SSSR count). The Morgan fingerprint density at radius 2 is 2.19 bits per heavy atom. The molecule has 0 aliphatic heterocycles. The summed E-state index contributed by atoms with van der Waals surface area (Å²) in [6.07, 6.45) is 4.87. The molecule has 5 nitrogen and oxygen atoms in total. The molecule has 1 saturated carbocycles. The molecule has 1 aromatic rings. The summed E-state index contributed by atoms with van der Waals surface area (Å²) >= 11 is 0. The summed E-state index contributed by atoms with van der Waals surface area (Å²) in [7, 11) is 0. The van der Waals surface area contributed by atoms with Gasteiger partial charge in [-0.25, -0.2) is 0 Å². The van der Waals surface area contributed by atoms with Crippen LogP contribution in [0, 0.1) is 0 Å². The van der Waals surface area contributed by atoms with E-state index in [9.17, 15) is 0 Å². The van der Waals surface area contributed by atoms with Crippen LogP contribution in [-0.4, -0.2) is 23.4 Å². The number of aromatic nitrogens is 2. The lowest BCUT2D eigenvalue weighted by atomic mass is 9.99. The lowest BCUT2D eigenvalue weighted by Crippen LogP contribution is -2.33. The zero-order valence-corrected chi connectivity index (χ0v) is 9.74. The molecule has 1 fully saturated rings. The summed E-state index contributed by atoms with van der Waals surface area (Å²) in [5.74, 6) is 1.29. The molecule has 0 aromatic carbocycles. The van der Waals surface area contributed by atoms with Gasteiger partial charge in [-0.15, -0.1) is 0 Å². The minimum atomic E-state index is -0.378. The van der Waals surface area contributed by atoms with Crippen molar-refractivity contribution in [3.05, 3.63) is 11.7 Å². The van der Waals surface area contributed by atoms with Crippen molar-refractivity contribution >= 4 is 0 Å². The molecule has 1 aliphatic rings. The van der Waals surface area contributed by atoms with E-state index < -0.39 is 0 Å². The third-order valence-corrected chi connectivity index (χ3v) is 3.06. The Balaban J connectivity index is 1.96. The maximum Gasteiger partial charge on any atom is 0.246 e. The highest BCUT2D eigenvalue weighted by molar-refractivity contribution is 5.04. The van der Waals surface area contributed by atoms with Gasteiger partial charge >= 0.3 is 0 Å². The molecule has 1 aromatic heterocycles. The fraction of sp³-hybridized carbons (Fsp3) is 0.818. The molecule has 16 heavy (non-hydrogen) atoms. The third kappa shape index (κ3) is 2.41. The fourth-order valence-electron chi connectivity index (χ4n) is 2.09. The van der Waals surface area contributed by atoms with Gasteiger partial charge in [0, 0.05) is 13.0 Å². The molecule has 0 amide bonds. The van der Waals surface area contributed by atoms with E-state index in [1.54, 1.807) is 0 Å². The minimum absolute atomic E-state index is 0.378. The molecular weight excluding hydrogens is 206 g/mol. The van der Waals surface area contributed by atoms with Crippen molar-refractivity contribution in [2.24, 2.45) is 5.73 Å². The van der Waals surface area contributed by atoms with E-state index >= 15 is 0 Å². The van der Waals surface area contributed by atoms with Crippen LogP contribution in [0.25, 0.3) is 0 Å². The molecule has 0 spiro atoms. The van der Waals surface area contributed by atoms with Crippen LogP contribution in [0.2, 0.25) is 0 Å². The molecule has 2 N–H and O–H groups in total. The fourth-order valence-corrected chi connectivity index (χ4v) is 2.09. The summed E-state index contributed by atoms with van der Waals surface area (Å²) in [5.41, 5.74) is 5.84. The lowest BCUT2D eigenvalue weighted by molar-refractivity contribution is 0.149. The Morgan fingerprint density at radius 3 is 2.88 bits per heavy atom. The number of hydrogen-bond donors (Lipinski definition) is 1.